The first kappa shape index (κ1) is 21.4. The molecule has 154 valence electrons. The van der Waals surface area contributed by atoms with Crippen LogP contribution in [0.25, 0.3) is 5.69 Å². The van der Waals surface area contributed by atoms with Crippen molar-refractivity contribution >= 4 is 23.5 Å². The van der Waals surface area contributed by atoms with Crippen LogP contribution in [0.2, 0.25) is 0 Å². The molecular formula is C22H23N5O2S. The van der Waals surface area contributed by atoms with Crippen molar-refractivity contribution in [1.29, 1.82) is 5.26 Å². The largest absolute Gasteiger partial charge is 0.310 e. The van der Waals surface area contributed by atoms with Gasteiger partial charge in [-0.15, -0.1) is 0 Å². The summed E-state index contributed by atoms with van der Waals surface area (Å²) in [5, 5.41) is 15.0. The average Bonchev–Trinajstić information content (AvgIpc) is 3.08. The Labute approximate surface area is 179 Å². The van der Waals surface area contributed by atoms with Gasteiger partial charge in [0.1, 0.15) is 16.9 Å². The molecule has 1 amide bonds. The number of nitrogens with one attached hydrogen (secondary N) is 2. The van der Waals surface area contributed by atoms with Crippen molar-refractivity contribution in [2.24, 2.45) is 5.92 Å². The number of nitriles is 1. The summed E-state index contributed by atoms with van der Waals surface area (Å²) in [6.07, 6.45) is 0.800. The predicted molar refractivity (Wildman–Crippen MR) is 118 cm³/mol. The number of H-pyrrole nitrogens is 1. The highest BCUT2D eigenvalue weighted by Crippen LogP contribution is 2.26. The maximum atomic E-state index is 12.7. The molecule has 30 heavy (non-hydrogen) atoms. The Morgan fingerprint density at radius 1 is 1.23 bits per heavy atom. The molecule has 0 aliphatic rings. The molecule has 0 saturated carbocycles. The van der Waals surface area contributed by atoms with E-state index in [0.29, 0.717) is 28.0 Å². The molecule has 0 spiro atoms. The number of nitrogens with zero attached hydrogens (tertiary/aromatic N) is 3. The highest BCUT2D eigenvalue weighted by atomic mass is 32.2. The van der Waals surface area contributed by atoms with Crippen LogP contribution < -0.4 is 10.9 Å². The van der Waals surface area contributed by atoms with Gasteiger partial charge >= 0.3 is 0 Å². The topological polar surface area (TPSA) is 104 Å². The minimum atomic E-state index is -0.512. The number of anilines is 1. The number of hydrogen-bond donors (Lipinski definition) is 2. The monoisotopic (exact) mass is 421 g/mol. The molecule has 2 heterocycles. The molecule has 7 nitrogen and oxygen atoms in total. The van der Waals surface area contributed by atoms with Crippen LogP contribution in [0.15, 0.2) is 58.4 Å². The summed E-state index contributed by atoms with van der Waals surface area (Å²) in [4.78, 5) is 29.5. The van der Waals surface area contributed by atoms with E-state index in [1.165, 1.54) is 22.5 Å². The van der Waals surface area contributed by atoms with Crippen molar-refractivity contribution in [3.8, 4) is 11.8 Å². The first-order chi connectivity index (χ1) is 14.4. The van der Waals surface area contributed by atoms with E-state index in [4.69, 9.17) is 0 Å². The van der Waals surface area contributed by atoms with Crippen molar-refractivity contribution in [3.05, 3.63) is 70.1 Å². The van der Waals surface area contributed by atoms with Gasteiger partial charge in [0.25, 0.3) is 5.56 Å². The van der Waals surface area contributed by atoms with Crippen molar-refractivity contribution < 1.29 is 4.79 Å². The van der Waals surface area contributed by atoms with Crippen molar-refractivity contribution in [2.75, 3.05) is 5.32 Å². The highest BCUT2D eigenvalue weighted by Gasteiger charge is 2.19. The lowest BCUT2D eigenvalue weighted by Crippen LogP contribution is -2.23. The molecular weight excluding hydrogens is 398 g/mol. The van der Waals surface area contributed by atoms with Crippen LogP contribution in [0, 0.1) is 17.2 Å². The van der Waals surface area contributed by atoms with E-state index in [2.05, 4.69) is 35.3 Å². The lowest BCUT2D eigenvalue weighted by molar-refractivity contribution is -0.115. The molecule has 8 heteroatoms. The van der Waals surface area contributed by atoms with Crippen LogP contribution in [0.1, 0.15) is 32.0 Å². The minimum Gasteiger partial charge on any atom is -0.310 e. The third kappa shape index (κ3) is 5.19. The number of aromatic amines is 1. The van der Waals surface area contributed by atoms with Gasteiger partial charge in [-0.05, 0) is 43.5 Å². The van der Waals surface area contributed by atoms with Crippen LogP contribution in [-0.4, -0.2) is 25.9 Å². The molecule has 0 fully saturated rings. The number of thioether (sulfide) groups is 1. The Morgan fingerprint density at radius 2 is 1.97 bits per heavy atom. The zero-order valence-electron chi connectivity index (χ0n) is 17.0. The summed E-state index contributed by atoms with van der Waals surface area (Å²) in [6, 6.07) is 16.2. The number of para-hydroxylation sites is 1. The van der Waals surface area contributed by atoms with Crippen molar-refractivity contribution in [2.45, 2.75) is 37.5 Å². The maximum absolute atomic E-state index is 12.7. The standard InChI is InChI=1S/C22H23N5O2S/c1-14(2)11-17-10-9-16(13-23)22(24-17)30-15(3)21(29)25-19-12-20(28)27(26-19)18-7-5-4-6-8-18/h4-10,12,14-15,26H,11H2,1-3H3,(H,25,29). The summed E-state index contributed by atoms with van der Waals surface area (Å²) in [7, 11) is 0. The van der Waals surface area contributed by atoms with Crippen LogP contribution in [0.4, 0.5) is 5.82 Å². The van der Waals surface area contributed by atoms with Crippen LogP contribution in [0.5, 0.6) is 0 Å². The quantitative estimate of drug-likeness (QED) is 0.566. The molecule has 0 bridgehead atoms. The number of benzene rings is 1. The second-order valence-electron chi connectivity index (χ2n) is 7.29. The molecule has 0 saturated heterocycles. The first-order valence-electron chi connectivity index (χ1n) is 9.62. The maximum Gasteiger partial charge on any atom is 0.273 e. The normalized spacial score (nSPS) is 11.8. The van der Waals surface area contributed by atoms with E-state index < -0.39 is 5.25 Å². The predicted octanol–water partition coefficient (Wildman–Crippen LogP) is 3.75. The van der Waals surface area contributed by atoms with Gasteiger partial charge in [0.2, 0.25) is 5.91 Å². The fourth-order valence-corrected chi connectivity index (χ4v) is 3.78. The molecule has 3 rings (SSSR count). The second-order valence-corrected chi connectivity index (χ2v) is 8.62. The van der Waals surface area contributed by atoms with Gasteiger partial charge in [-0.2, -0.15) is 5.26 Å². The highest BCUT2D eigenvalue weighted by molar-refractivity contribution is 8.00. The van der Waals surface area contributed by atoms with E-state index >= 15 is 0 Å². The smallest absolute Gasteiger partial charge is 0.273 e. The number of pyridine rings is 1. The van der Waals surface area contributed by atoms with Gasteiger partial charge in [0, 0.05) is 11.8 Å². The molecule has 0 radical (unpaired) electrons. The number of carbonyl (C=O) groups is 1. The molecule has 2 aromatic heterocycles. The van der Waals surface area contributed by atoms with Crippen LogP contribution >= 0.6 is 11.8 Å². The number of amides is 1. The molecule has 1 aromatic carbocycles. The number of aromatic nitrogens is 3. The molecule has 1 unspecified atom stereocenters. The lowest BCUT2D eigenvalue weighted by atomic mass is 10.1. The summed E-state index contributed by atoms with van der Waals surface area (Å²) >= 11 is 1.23. The van der Waals surface area contributed by atoms with E-state index in [0.717, 1.165) is 12.1 Å². The fraction of sp³-hybridized carbons (Fsp3) is 0.273. The Kier molecular flexibility index (Phi) is 6.75. The molecule has 0 aliphatic carbocycles. The van der Waals surface area contributed by atoms with E-state index in [-0.39, 0.29) is 11.5 Å². The third-order valence-electron chi connectivity index (χ3n) is 4.31. The average molecular weight is 422 g/mol. The Balaban J connectivity index is 1.73. The Bertz CT molecular complexity index is 1130. The fourth-order valence-electron chi connectivity index (χ4n) is 2.87. The molecule has 0 aliphatic heterocycles. The zero-order valence-corrected chi connectivity index (χ0v) is 17.9. The lowest BCUT2D eigenvalue weighted by Gasteiger charge is -2.13. The summed E-state index contributed by atoms with van der Waals surface area (Å²) in [5.41, 5.74) is 1.74. The zero-order chi connectivity index (χ0) is 21.7. The van der Waals surface area contributed by atoms with Crippen molar-refractivity contribution in [1.82, 2.24) is 14.8 Å². The van der Waals surface area contributed by atoms with E-state index in [1.54, 1.807) is 25.1 Å². The third-order valence-corrected chi connectivity index (χ3v) is 5.41. The van der Waals surface area contributed by atoms with Gasteiger partial charge in [-0.25, -0.2) is 9.67 Å². The van der Waals surface area contributed by atoms with Gasteiger partial charge < -0.3 is 5.32 Å². The molecule has 3 aromatic rings. The van der Waals surface area contributed by atoms with Gasteiger partial charge in [-0.1, -0.05) is 43.8 Å². The van der Waals surface area contributed by atoms with Crippen LogP contribution in [-0.2, 0) is 11.2 Å². The second kappa shape index (κ2) is 9.46. The number of hydrogen-bond acceptors (Lipinski definition) is 5. The number of rotatable bonds is 7. The Morgan fingerprint density at radius 3 is 2.63 bits per heavy atom. The van der Waals surface area contributed by atoms with Crippen molar-refractivity contribution in [3.63, 3.8) is 0 Å². The number of carbonyl (C=O) groups excluding carboxylic acids is 1. The summed E-state index contributed by atoms with van der Waals surface area (Å²) in [5.74, 6) is 0.458. The minimum absolute atomic E-state index is 0.272. The molecule has 2 N–H and O–H groups in total. The SMILES string of the molecule is CC(C)Cc1ccc(C#N)c(SC(C)C(=O)Nc2cc(=O)n(-c3ccccc3)[nH]2)n1. The van der Waals surface area contributed by atoms with E-state index in [9.17, 15) is 14.9 Å². The molecule has 1 atom stereocenters. The summed E-state index contributed by atoms with van der Waals surface area (Å²) in [6.45, 7) is 5.94. The first-order valence-corrected chi connectivity index (χ1v) is 10.5. The van der Waals surface area contributed by atoms with Crippen LogP contribution in [0.3, 0.4) is 0 Å². The van der Waals surface area contributed by atoms with Gasteiger partial charge in [0.05, 0.1) is 16.5 Å². The summed E-state index contributed by atoms with van der Waals surface area (Å²) < 4.78 is 1.36. The Hall–Kier alpha value is -3.31. The van der Waals surface area contributed by atoms with Gasteiger partial charge in [0.15, 0.2) is 0 Å². The van der Waals surface area contributed by atoms with E-state index in [1.807, 2.05) is 24.3 Å². The van der Waals surface area contributed by atoms with Gasteiger partial charge in [-0.3, -0.25) is 14.7 Å².